The van der Waals surface area contributed by atoms with Crippen LogP contribution in [0.2, 0.25) is 0 Å². The number of carbonyl (C=O) groups excluding carboxylic acids is 1. The van der Waals surface area contributed by atoms with Crippen LogP contribution >= 0.6 is 0 Å². The lowest BCUT2D eigenvalue weighted by Gasteiger charge is -2.29. The molecule has 1 aliphatic rings. The highest BCUT2D eigenvalue weighted by atomic mass is 16.1. The van der Waals surface area contributed by atoms with Crippen molar-refractivity contribution in [1.82, 2.24) is 5.32 Å². The van der Waals surface area contributed by atoms with E-state index >= 15 is 0 Å². The van der Waals surface area contributed by atoms with Crippen molar-refractivity contribution >= 4 is 5.78 Å². The van der Waals surface area contributed by atoms with Crippen LogP contribution < -0.4 is 5.32 Å². The second-order valence-electron chi connectivity index (χ2n) is 3.69. The Morgan fingerprint density at radius 3 is 2.85 bits per heavy atom. The average molecular weight is 179 g/mol. The van der Waals surface area contributed by atoms with Gasteiger partial charge in [0.2, 0.25) is 0 Å². The number of hydrogen-bond donors (Lipinski definition) is 1. The number of terminal acetylenes is 1. The molecule has 0 aromatic heterocycles. The molecule has 1 aliphatic carbocycles. The van der Waals surface area contributed by atoms with Gasteiger partial charge in [-0.1, -0.05) is 18.8 Å². The molecule has 0 aliphatic heterocycles. The number of rotatable bonds is 3. The Balaban J connectivity index is 2.47. The summed E-state index contributed by atoms with van der Waals surface area (Å²) in [6.45, 7) is 2.26. The van der Waals surface area contributed by atoms with Crippen molar-refractivity contribution in [2.75, 3.05) is 6.54 Å². The maximum Gasteiger partial charge on any atom is 0.134 e. The van der Waals surface area contributed by atoms with Crippen molar-refractivity contribution in [2.24, 2.45) is 5.92 Å². The van der Waals surface area contributed by atoms with Gasteiger partial charge in [-0.2, -0.15) is 0 Å². The molecule has 0 amide bonds. The van der Waals surface area contributed by atoms with Crippen LogP contribution in [0.5, 0.6) is 0 Å². The van der Waals surface area contributed by atoms with Crippen molar-refractivity contribution < 1.29 is 4.79 Å². The molecule has 0 saturated heterocycles. The minimum absolute atomic E-state index is 0.196. The molecule has 2 atom stereocenters. The van der Waals surface area contributed by atoms with E-state index in [4.69, 9.17) is 6.42 Å². The molecule has 1 fully saturated rings. The lowest BCUT2D eigenvalue weighted by molar-refractivity contribution is -0.122. The SMILES string of the molecule is C#CCN[C@@H]1CCCC[C@@H]1C(C)=O. The second-order valence-corrected chi connectivity index (χ2v) is 3.69. The summed E-state index contributed by atoms with van der Waals surface area (Å²) in [7, 11) is 0. The standard InChI is InChI=1S/C11H17NO/c1-3-8-12-11-7-5-4-6-10(11)9(2)13/h1,10-12H,4-8H2,2H3/t10-,11-/m1/s1. The molecular weight excluding hydrogens is 162 g/mol. The molecular formula is C11H17NO. The van der Waals surface area contributed by atoms with E-state index in [0.717, 1.165) is 12.8 Å². The zero-order valence-electron chi connectivity index (χ0n) is 8.18. The fraction of sp³-hybridized carbons (Fsp3) is 0.727. The molecule has 0 radical (unpaired) electrons. The van der Waals surface area contributed by atoms with Gasteiger partial charge in [-0.05, 0) is 19.8 Å². The Hall–Kier alpha value is -0.810. The van der Waals surface area contributed by atoms with Gasteiger partial charge in [-0.15, -0.1) is 6.42 Å². The largest absolute Gasteiger partial charge is 0.303 e. The summed E-state index contributed by atoms with van der Waals surface area (Å²) in [6.07, 6.45) is 9.68. The topological polar surface area (TPSA) is 29.1 Å². The van der Waals surface area contributed by atoms with E-state index in [1.165, 1.54) is 12.8 Å². The van der Waals surface area contributed by atoms with Gasteiger partial charge in [-0.3, -0.25) is 4.79 Å². The first kappa shape index (κ1) is 10.3. The Morgan fingerprint density at radius 1 is 1.54 bits per heavy atom. The Bertz CT molecular complexity index is 217. The van der Waals surface area contributed by atoms with Crippen LogP contribution in [0.1, 0.15) is 32.6 Å². The average Bonchev–Trinajstić information content (AvgIpc) is 2.15. The summed E-state index contributed by atoms with van der Waals surface area (Å²) in [6, 6.07) is 0.322. The van der Waals surface area contributed by atoms with Gasteiger partial charge >= 0.3 is 0 Å². The van der Waals surface area contributed by atoms with Crippen LogP contribution in [-0.2, 0) is 4.79 Å². The van der Waals surface area contributed by atoms with Gasteiger partial charge in [0.05, 0.1) is 6.54 Å². The van der Waals surface area contributed by atoms with Crippen molar-refractivity contribution in [3.05, 3.63) is 0 Å². The molecule has 0 bridgehead atoms. The summed E-state index contributed by atoms with van der Waals surface area (Å²) in [5.74, 6) is 3.05. The van der Waals surface area contributed by atoms with Crippen LogP contribution in [0.25, 0.3) is 0 Å². The monoisotopic (exact) mass is 179 g/mol. The Morgan fingerprint density at radius 2 is 2.23 bits per heavy atom. The van der Waals surface area contributed by atoms with E-state index in [2.05, 4.69) is 11.2 Å². The van der Waals surface area contributed by atoms with Crippen LogP contribution in [0.3, 0.4) is 0 Å². The number of carbonyl (C=O) groups is 1. The lowest BCUT2D eigenvalue weighted by Crippen LogP contribution is -2.41. The molecule has 0 aromatic rings. The lowest BCUT2D eigenvalue weighted by atomic mass is 9.82. The second kappa shape index (κ2) is 5.04. The predicted octanol–water partition coefficient (Wildman–Crippen LogP) is 1.36. The third-order valence-electron chi connectivity index (χ3n) is 2.75. The molecule has 0 spiro atoms. The highest BCUT2D eigenvalue weighted by Gasteiger charge is 2.27. The van der Waals surface area contributed by atoms with Gasteiger partial charge in [0, 0.05) is 12.0 Å². The van der Waals surface area contributed by atoms with Crippen LogP contribution in [0.4, 0.5) is 0 Å². The first-order chi connectivity index (χ1) is 6.25. The minimum Gasteiger partial charge on any atom is -0.303 e. The third kappa shape index (κ3) is 2.86. The smallest absolute Gasteiger partial charge is 0.134 e. The van der Waals surface area contributed by atoms with Crippen LogP contribution in [0, 0.1) is 18.3 Å². The van der Waals surface area contributed by atoms with Crippen molar-refractivity contribution in [1.29, 1.82) is 0 Å². The van der Waals surface area contributed by atoms with Gasteiger partial charge in [0.1, 0.15) is 5.78 Å². The van der Waals surface area contributed by atoms with Crippen molar-refractivity contribution in [3.63, 3.8) is 0 Å². The number of ketones is 1. The van der Waals surface area contributed by atoms with Gasteiger partial charge < -0.3 is 5.32 Å². The van der Waals surface area contributed by atoms with Gasteiger partial charge in [0.15, 0.2) is 0 Å². The maximum absolute atomic E-state index is 11.3. The van der Waals surface area contributed by atoms with E-state index in [-0.39, 0.29) is 5.92 Å². The zero-order chi connectivity index (χ0) is 9.68. The number of hydrogen-bond acceptors (Lipinski definition) is 2. The highest BCUT2D eigenvalue weighted by Crippen LogP contribution is 2.24. The Kier molecular flexibility index (Phi) is 3.98. The molecule has 1 rings (SSSR count). The number of Topliss-reactive ketones (excluding diaryl/α,β-unsaturated/α-hetero) is 1. The predicted molar refractivity (Wildman–Crippen MR) is 53.3 cm³/mol. The first-order valence-electron chi connectivity index (χ1n) is 4.93. The van der Waals surface area contributed by atoms with Gasteiger partial charge in [0.25, 0.3) is 0 Å². The summed E-state index contributed by atoms with van der Waals surface area (Å²) in [4.78, 5) is 11.3. The maximum atomic E-state index is 11.3. The summed E-state index contributed by atoms with van der Waals surface area (Å²) in [5.41, 5.74) is 0. The summed E-state index contributed by atoms with van der Waals surface area (Å²) >= 11 is 0. The van der Waals surface area contributed by atoms with E-state index in [1.807, 2.05) is 0 Å². The minimum atomic E-state index is 0.196. The molecule has 0 unspecified atom stereocenters. The fourth-order valence-corrected chi connectivity index (χ4v) is 2.05. The van der Waals surface area contributed by atoms with E-state index < -0.39 is 0 Å². The third-order valence-corrected chi connectivity index (χ3v) is 2.75. The van der Waals surface area contributed by atoms with Crippen molar-refractivity contribution in [3.8, 4) is 12.3 Å². The molecule has 1 saturated carbocycles. The van der Waals surface area contributed by atoms with Crippen LogP contribution in [0.15, 0.2) is 0 Å². The van der Waals surface area contributed by atoms with Crippen molar-refractivity contribution in [2.45, 2.75) is 38.6 Å². The molecule has 0 heterocycles. The molecule has 13 heavy (non-hydrogen) atoms. The van der Waals surface area contributed by atoms with E-state index in [1.54, 1.807) is 6.92 Å². The Labute approximate surface area is 80.1 Å². The molecule has 2 nitrogen and oxygen atoms in total. The van der Waals surface area contributed by atoms with Gasteiger partial charge in [-0.25, -0.2) is 0 Å². The molecule has 1 N–H and O–H groups in total. The normalized spacial score (nSPS) is 28.0. The fourth-order valence-electron chi connectivity index (χ4n) is 2.05. The first-order valence-corrected chi connectivity index (χ1v) is 4.93. The van der Waals surface area contributed by atoms with E-state index in [9.17, 15) is 4.79 Å². The quantitative estimate of drug-likeness (QED) is 0.663. The summed E-state index contributed by atoms with van der Waals surface area (Å²) < 4.78 is 0. The number of nitrogens with one attached hydrogen (secondary N) is 1. The zero-order valence-corrected chi connectivity index (χ0v) is 8.18. The summed E-state index contributed by atoms with van der Waals surface area (Å²) in [5, 5.41) is 3.25. The molecule has 72 valence electrons. The highest BCUT2D eigenvalue weighted by molar-refractivity contribution is 5.79. The molecule has 0 aromatic carbocycles. The van der Waals surface area contributed by atoms with Crippen LogP contribution in [-0.4, -0.2) is 18.4 Å². The van der Waals surface area contributed by atoms with E-state index in [0.29, 0.717) is 18.4 Å². The molecule has 2 heteroatoms.